The van der Waals surface area contributed by atoms with E-state index in [1.807, 2.05) is 0 Å². The highest BCUT2D eigenvalue weighted by molar-refractivity contribution is 7.79. The molecule has 1 heterocycles. The van der Waals surface area contributed by atoms with Gasteiger partial charge in [0.1, 0.15) is 0 Å². The molecule has 0 aromatic rings. The second kappa shape index (κ2) is 3.29. The van der Waals surface area contributed by atoms with Gasteiger partial charge >= 0.3 is 0 Å². The first-order valence-electron chi connectivity index (χ1n) is 3.11. The van der Waals surface area contributed by atoms with Crippen molar-refractivity contribution in [2.45, 2.75) is 18.1 Å². The summed E-state index contributed by atoms with van der Waals surface area (Å²) in [5.41, 5.74) is 0. The Bertz CT molecular complexity index is 112. The summed E-state index contributed by atoms with van der Waals surface area (Å²) < 4.78 is 19.1. The van der Waals surface area contributed by atoms with Crippen LogP contribution in [0.5, 0.6) is 0 Å². The minimum atomic E-state index is -1.59. The van der Waals surface area contributed by atoms with Crippen molar-refractivity contribution in [2.75, 3.05) is 13.1 Å². The first-order valence-corrected chi connectivity index (χ1v) is 4.28. The van der Waals surface area contributed by atoms with Crippen LogP contribution in [0, 0.1) is 0 Å². The van der Waals surface area contributed by atoms with Crippen LogP contribution in [0.25, 0.3) is 0 Å². The third-order valence-electron chi connectivity index (χ3n) is 1.57. The lowest BCUT2D eigenvalue weighted by atomic mass is 10.2. The lowest BCUT2D eigenvalue weighted by Gasteiger charge is -2.18. The van der Waals surface area contributed by atoms with E-state index in [4.69, 9.17) is 4.55 Å². The Balaban J connectivity index is 2.31. The standard InChI is InChI=1S/C5H11NO2S/c7-9(8)5-1-3-6-4-2-5/h5-6H,1-4H2,(H,7,8). The molecule has 1 aliphatic rings. The average Bonchev–Trinajstić information content (AvgIpc) is 1.90. The maximum Gasteiger partial charge on any atom is 0.156 e. The molecular formula is C5H11NO2S. The molecule has 1 fully saturated rings. The fourth-order valence-corrected chi connectivity index (χ4v) is 1.64. The first kappa shape index (κ1) is 7.18. The highest BCUT2D eigenvalue weighted by Gasteiger charge is 2.17. The van der Waals surface area contributed by atoms with E-state index in [-0.39, 0.29) is 5.25 Å². The molecule has 9 heavy (non-hydrogen) atoms. The van der Waals surface area contributed by atoms with Crippen LogP contribution in [0.15, 0.2) is 0 Å². The van der Waals surface area contributed by atoms with E-state index in [2.05, 4.69) is 5.32 Å². The highest BCUT2D eigenvalue weighted by atomic mass is 32.2. The van der Waals surface area contributed by atoms with Crippen molar-refractivity contribution in [3.05, 3.63) is 0 Å². The maximum atomic E-state index is 10.4. The normalized spacial score (nSPS) is 25.9. The summed E-state index contributed by atoms with van der Waals surface area (Å²) in [6.07, 6.45) is 1.67. The van der Waals surface area contributed by atoms with E-state index in [0.717, 1.165) is 25.9 Å². The second-order valence-corrected chi connectivity index (χ2v) is 3.44. The molecule has 3 nitrogen and oxygen atoms in total. The smallest absolute Gasteiger partial charge is 0.156 e. The Morgan fingerprint density at radius 3 is 2.33 bits per heavy atom. The van der Waals surface area contributed by atoms with Crippen molar-refractivity contribution in [3.8, 4) is 0 Å². The van der Waals surface area contributed by atoms with Gasteiger partial charge in [0, 0.05) is 0 Å². The molecule has 0 aliphatic carbocycles. The predicted octanol–water partition coefficient (Wildman–Crippen LogP) is -0.0399. The van der Waals surface area contributed by atoms with Crippen LogP contribution >= 0.6 is 0 Å². The van der Waals surface area contributed by atoms with Crippen molar-refractivity contribution in [1.29, 1.82) is 0 Å². The minimum Gasteiger partial charge on any atom is -0.317 e. The molecule has 1 atom stereocenters. The number of hydrogen-bond donors (Lipinski definition) is 2. The average molecular weight is 149 g/mol. The van der Waals surface area contributed by atoms with Crippen LogP contribution in [0.1, 0.15) is 12.8 Å². The summed E-state index contributed by atoms with van der Waals surface area (Å²) >= 11 is -1.59. The summed E-state index contributed by atoms with van der Waals surface area (Å²) in [7, 11) is 0. The lowest BCUT2D eigenvalue weighted by Crippen LogP contribution is -2.33. The van der Waals surface area contributed by atoms with Gasteiger partial charge in [-0.3, -0.25) is 0 Å². The second-order valence-electron chi connectivity index (χ2n) is 2.23. The monoisotopic (exact) mass is 149 g/mol. The summed E-state index contributed by atoms with van der Waals surface area (Å²) in [5.74, 6) is 0. The Hall–Kier alpha value is 0.0700. The fourth-order valence-electron chi connectivity index (χ4n) is 0.997. The zero-order valence-corrected chi connectivity index (χ0v) is 5.99. The Labute approximate surface area is 57.1 Å². The van der Waals surface area contributed by atoms with Crippen molar-refractivity contribution in [1.82, 2.24) is 5.32 Å². The van der Waals surface area contributed by atoms with Crippen LogP contribution < -0.4 is 5.32 Å². The number of hydrogen-bond acceptors (Lipinski definition) is 2. The summed E-state index contributed by atoms with van der Waals surface area (Å²) in [4.78, 5) is 0. The summed E-state index contributed by atoms with van der Waals surface area (Å²) in [6.45, 7) is 1.77. The Morgan fingerprint density at radius 2 is 2.00 bits per heavy atom. The highest BCUT2D eigenvalue weighted by Crippen LogP contribution is 2.07. The third kappa shape index (κ3) is 2.04. The summed E-state index contributed by atoms with van der Waals surface area (Å²) in [6, 6.07) is 0. The van der Waals surface area contributed by atoms with E-state index in [0.29, 0.717) is 0 Å². The van der Waals surface area contributed by atoms with E-state index in [1.165, 1.54) is 0 Å². The van der Waals surface area contributed by atoms with Gasteiger partial charge in [-0.25, -0.2) is 4.21 Å². The Morgan fingerprint density at radius 1 is 1.44 bits per heavy atom. The molecule has 0 radical (unpaired) electrons. The zero-order valence-electron chi connectivity index (χ0n) is 5.17. The van der Waals surface area contributed by atoms with Crippen molar-refractivity contribution in [3.63, 3.8) is 0 Å². The van der Waals surface area contributed by atoms with Crippen molar-refractivity contribution in [2.24, 2.45) is 0 Å². The largest absolute Gasteiger partial charge is 0.317 e. The van der Waals surface area contributed by atoms with E-state index >= 15 is 0 Å². The van der Waals surface area contributed by atoms with Gasteiger partial charge in [-0.05, 0) is 25.9 Å². The molecule has 0 aromatic carbocycles. The van der Waals surface area contributed by atoms with Crippen LogP contribution in [-0.4, -0.2) is 27.1 Å². The van der Waals surface area contributed by atoms with Crippen LogP contribution in [0.4, 0.5) is 0 Å². The molecule has 1 unspecified atom stereocenters. The number of rotatable bonds is 1. The first-order chi connectivity index (χ1) is 4.30. The van der Waals surface area contributed by atoms with E-state index in [9.17, 15) is 4.21 Å². The molecule has 0 amide bonds. The molecule has 2 N–H and O–H groups in total. The van der Waals surface area contributed by atoms with Crippen molar-refractivity contribution >= 4 is 11.1 Å². The molecule has 1 rings (SSSR count). The quantitative estimate of drug-likeness (QED) is 0.514. The van der Waals surface area contributed by atoms with E-state index in [1.54, 1.807) is 0 Å². The predicted molar refractivity (Wildman–Crippen MR) is 36.7 cm³/mol. The lowest BCUT2D eigenvalue weighted by molar-refractivity contribution is 0.482. The molecule has 0 saturated carbocycles. The van der Waals surface area contributed by atoms with Gasteiger partial charge in [0.25, 0.3) is 0 Å². The molecule has 1 aliphatic heterocycles. The van der Waals surface area contributed by atoms with Gasteiger partial charge in [0.2, 0.25) is 0 Å². The molecular weight excluding hydrogens is 138 g/mol. The molecule has 0 bridgehead atoms. The van der Waals surface area contributed by atoms with Gasteiger partial charge < -0.3 is 9.87 Å². The fraction of sp³-hybridized carbons (Fsp3) is 1.00. The van der Waals surface area contributed by atoms with Gasteiger partial charge in [0.05, 0.1) is 5.25 Å². The molecule has 4 heteroatoms. The van der Waals surface area contributed by atoms with Gasteiger partial charge in [0.15, 0.2) is 11.1 Å². The molecule has 0 aromatic heterocycles. The number of nitrogens with one attached hydrogen (secondary N) is 1. The van der Waals surface area contributed by atoms with E-state index < -0.39 is 11.1 Å². The topological polar surface area (TPSA) is 49.3 Å². The van der Waals surface area contributed by atoms with Gasteiger partial charge in [-0.2, -0.15) is 0 Å². The zero-order chi connectivity index (χ0) is 6.69. The van der Waals surface area contributed by atoms with Crippen LogP contribution in [0.3, 0.4) is 0 Å². The van der Waals surface area contributed by atoms with Gasteiger partial charge in [-0.1, -0.05) is 0 Å². The SMILES string of the molecule is O=S(O)C1CCNCC1. The molecule has 54 valence electrons. The maximum absolute atomic E-state index is 10.4. The molecule has 1 saturated heterocycles. The minimum absolute atomic E-state index is 0.0197. The summed E-state index contributed by atoms with van der Waals surface area (Å²) in [5, 5.41) is 3.14. The third-order valence-corrected chi connectivity index (χ3v) is 2.61. The molecule has 0 spiro atoms. The van der Waals surface area contributed by atoms with Crippen LogP contribution in [0.2, 0.25) is 0 Å². The van der Waals surface area contributed by atoms with Crippen LogP contribution in [-0.2, 0) is 11.1 Å². The Kier molecular flexibility index (Phi) is 2.63. The number of piperidine rings is 1. The van der Waals surface area contributed by atoms with Gasteiger partial charge in [-0.15, -0.1) is 0 Å². The van der Waals surface area contributed by atoms with Crippen molar-refractivity contribution < 1.29 is 8.76 Å².